The zero-order valence-corrected chi connectivity index (χ0v) is 10.6. The molecule has 0 aliphatic rings. The van der Waals surface area contributed by atoms with Gasteiger partial charge in [0.05, 0.1) is 6.20 Å². The van der Waals surface area contributed by atoms with Gasteiger partial charge >= 0.3 is 0 Å². The molecule has 15 heavy (non-hydrogen) atoms. The highest BCUT2D eigenvalue weighted by molar-refractivity contribution is 5.38. The maximum absolute atomic E-state index is 4.30. The molecule has 0 fully saturated rings. The fraction of sp³-hybridized carbons (Fsp3) is 0.500. The Balaban J connectivity index is 0.000000442. The van der Waals surface area contributed by atoms with E-state index < -0.39 is 0 Å². The average molecular weight is 207 g/mol. The molecule has 0 atom stereocenters. The highest BCUT2D eigenvalue weighted by Crippen LogP contribution is 2.04. The van der Waals surface area contributed by atoms with Crippen LogP contribution in [0.1, 0.15) is 39.1 Å². The lowest BCUT2D eigenvalue weighted by Crippen LogP contribution is -1.96. The van der Waals surface area contributed by atoms with Crippen molar-refractivity contribution in [1.82, 2.24) is 14.6 Å². The van der Waals surface area contributed by atoms with Crippen molar-refractivity contribution in [3.63, 3.8) is 0 Å². The minimum Gasteiger partial charge on any atom is -0.234 e. The molecule has 0 spiro atoms. The van der Waals surface area contributed by atoms with Crippen LogP contribution in [0.3, 0.4) is 0 Å². The maximum Gasteiger partial charge on any atom is 0.155 e. The number of nitrogens with zero attached hydrogens (tertiary/aromatic N) is 3. The van der Waals surface area contributed by atoms with Crippen molar-refractivity contribution in [1.29, 1.82) is 0 Å². The lowest BCUT2D eigenvalue weighted by molar-refractivity contribution is 0.886. The summed E-state index contributed by atoms with van der Waals surface area (Å²) in [5, 5.41) is 4.11. The zero-order valence-electron chi connectivity index (χ0n) is 10.6. The Morgan fingerprint density at radius 1 is 1.07 bits per heavy atom. The van der Waals surface area contributed by atoms with Gasteiger partial charge < -0.3 is 0 Å². The summed E-state index contributed by atoms with van der Waals surface area (Å²) < 4.78 is 1.83. The van der Waals surface area contributed by atoms with Crippen molar-refractivity contribution in [3.8, 4) is 0 Å². The van der Waals surface area contributed by atoms with Crippen molar-refractivity contribution >= 4 is 5.65 Å². The van der Waals surface area contributed by atoms with E-state index in [4.69, 9.17) is 0 Å². The smallest absolute Gasteiger partial charge is 0.155 e. The van der Waals surface area contributed by atoms with Crippen molar-refractivity contribution in [2.75, 3.05) is 0 Å². The van der Waals surface area contributed by atoms with Crippen LogP contribution in [0, 0.1) is 13.8 Å². The van der Waals surface area contributed by atoms with Crippen molar-refractivity contribution in [3.05, 3.63) is 29.7 Å². The Bertz CT molecular complexity index is 391. The summed E-state index contributed by atoms with van der Waals surface area (Å²) in [6.45, 7) is 12.0. The molecule has 2 heterocycles. The average Bonchev–Trinajstić information content (AvgIpc) is 2.72. The lowest BCUT2D eigenvalue weighted by Gasteiger charge is -1.98. The van der Waals surface area contributed by atoms with Gasteiger partial charge in [-0.15, -0.1) is 0 Å². The van der Waals surface area contributed by atoms with Crippen LogP contribution in [-0.2, 0) is 0 Å². The van der Waals surface area contributed by atoms with Crippen LogP contribution in [-0.4, -0.2) is 14.6 Å². The van der Waals surface area contributed by atoms with Gasteiger partial charge in [-0.3, -0.25) is 0 Å². The molecule has 0 unspecified atom stereocenters. The number of aryl methyl sites for hydroxylation is 2. The SMILES string of the molecule is CC.CC.Cc1cc(C)n2nccc2n1. The fourth-order valence-corrected chi connectivity index (χ4v) is 1.23. The number of hydrogen-bond donors (Lipinski definition) is 0. The largest absolute Gasteiger partial charge is 0.234 e. The van der Waals surface area contributed by atoms with Gasteiger partial charge in [-0.2, -0.15) is 5.10 Å². The third kappa shape index (κ3) is 3.35. The van der Waals surface area contributed by atoms with Crippen molar-refractivity contribution < 1.29 is 0 Å². The molecular weight excluding hydrogens is 186 g/mol. The molecule has 2 aromatic rings. The molecule has 0 aliphatic heterocycles. The van der Waals surface area contributed by atoms with Gasteiger partial charge in [0, 0.05) is 17.5 Å². The molecule has 3 heteroatoms. The Hall–Kier alpha value is -1.38. The molecule has 0 radical (unpaired) electrons. The molecule has 2 aromatic heterocycles. The number of fused-ring (bicyclic) bond motifs is 1. The van der Waals surface area contributed by atoms with E-state index in [0.29, 0.717) is 0 Å². The van der Waals surface area contributed by atoms with E-state index in [1.807, 2.05) is 58.2 Å². The van der Waals surface area contributed by atoms with E-state index >= 15 is 0 Å². The van der Waals surface area contributed by atoms with E-state index in [1.54, 1.807) is 6.20 Å². The van der Waals surface area contributed by atoms with Crippen LogP contribution in [0.2, 0.25) is 0 Å². The summed E-state index contributed by atoms with van der Waals surface area (Å²) in [5.74, 6) is 0. The minimum atomic E-state index is 0.919. The van der Waals surface area contributed by atoms with Gasteiger partial charge in [-0.1, -0.05) is 27.7 Å². The Labute approximate surface area is 92.2 Å². The van der Waals surface area contributed by atoms with Crippen LogP contribution in [0.4, 0.5) is 0 Å². The Kier molecular flexibility index (Phi) is 6.34. The Morgan fingerprint density at radius 3 is 2.27 bits per heavy atom. The first kappa shape index (κ1) is 13.6. The number of aromatic nitrogens is 3. The monoisotopic (exact) mass is 207 g/mol. The van der Waals surface area contributed by atoms with Gasteiger partial charge in [0.15, 0.2) is 5.65 Å². The molecule has 0 aromatic carbocycles. The minimum absolute atomic E-state index is 0.919. The van der Waals surface area contributed by atoms with E-state index in [9.17, 15) is 0 Å². The molecule has 0 bridgehead atoms. The predicted octanol–water partition coefficient (Wildman–Crippen LogP) is 3.40. The second-order valence-corrected chi connectivity index (χ2v) is 2.64. The fourth-order valence-electron chi connectivity index (χ4n) is 1.23. The molecule has 84 valence electrons. The number of rotatable bonds is 0. The van der Waals surface area contributed by atoms with Crippen LogP contribution >= 0.6 is 0 Å². The van der Waals surface area contributed by atoms with Gasteiger partial charge in [-0.05, 0) is 19.9 Å². The summed E-state index contributed by atoms with van der Waals surface area (Å²) >= 11 is 0. The van der Waals surface area contributed by atoms with Crippen LogP contribution in [0.25, 0.3) is 5.65 Å². The summed E-state index contributed by atoms with van der Waals surface area (Å²) in [4.78, 5) is 4.30. The summed E-state index contributed by atoms with van der Waals surface area (Å²) in [6, 6.07) is 3.92. The first-order chi connectivity index (χ1) is 7.27. The quantitative estimate of drug-likeness (QED) is 0.662. The van der Waals surface area contributed by atoms with E-state index in [2.05, 4.69) is 10.1 Å². The maximum atomic E-state index is 4.30. The normalized spacial score (nSPS) is 8.67. The zero-order chi connectivity index (χ0) is 11.8. The third-order valence-electron chi connectivity index (χ3n) is 1.67. The lowest BCUT2D eigenvalue weighted by atomic mass is 10.3. The van der Waals surface area contributed by atoms with Gasteiger partial charge in [0.2, 0.25) is 0 Å². The van der Waals surface area contributed by atoms with Crippen molar-refractivity contribution in [2.45, 2.75) is 41.5 Å². The topological polar surface area (TPSA) is 30.2 Å². The van der Waals surface area contributed by atoms with E-state index in [-0.39, 0.29) is 0 Å². The molecule has 3 nitrogen and oxygen atoms in total. The molecule has 0 aliphatic carbocycles. The van der Waals surface area contributed by atoms with Crippen LogP contribution in [0.5, 0.6) is 0 Å². The summed E-state index contributed by atoms with van der Waals surface area (Å²) in [5.41, 5.74) is 3.08. The summed E-state index contributed by atoms with van der Waals surface area (Å²) in [7, 11) is 0. The molecule has 0 saturated carbocycles. The second kappa shape index (κ2) is 6.98. The predicted molar refractivity (Wildman–Crippen MR) is 65.2 cm³/mol. The molecule has 2 rings (SSSR count). The summed E-state index contributed by atoms with van der Waals surface area (Å²) in [6.07, 6.45) is 1.76. The molecule has 0 saturated heterocycles. The Morgan fingerprint density at radius 2 is 1.67 bits per heavy atom. The van der Waals surface area contributed by atoms with Gasteiger partial charge in [0.25, 0.3) is 0 Å². The van der Waals surface area contributed by atoms with Gasteiger partial charge in [0.1, 0.15) is 0 Å². The molecule has 0 N–H and O–H groups in total. The number of hydrogen-bond acceptors (Lipinski definition) is 2. The van der Waals surface area contributed by atoms with Crippen LogP contribution < -0.4 is 0 Å². The first-order valence-electron chi connectivity index (χ1n) is 5.55. The van der Waals surface area contributed by atoms with Crippen molar-refractivity contribution in [2.24, 2.45) is 0 Å². The van der Waals surface area contributed by atoms with Gasteiger partial charge in [-0.25, -0.2) is 9.50 Å². The second-order valence-electron chi connectivity index (χ2n) is 2.64. The highest BCUT2D eigenvalue weighted by Gasteiger charge is 1.97. The molecule has 0 amide bonds. The molecular formula is C12H21N3. The highest BCUT2D eigenvalue weighted by atomic mass is 15.2. The standard InChI is InChI=1S/C8H9N3.2C2H6/c1-6-5-7(2)11-8(10-6)3-4-9-11;2*1-2/h3-5H,1-2H3;2*1-2H3. The van der Waals surface area contributed by atoms with Crippen LogP contribution in [0.15, 0.2) is 18.3 Å². The first-order valence-corrected chi connectivity index (χ1v) is 5.55. The van der Waals surface area contributed by atoms with E-state index in [1.165, 1.54) is 0 Å². The van der Waals surface area contributed by atoms with E-state index in [0.717, 1.165) is 17.0 Å². The third-order valence-corrected chi connectivity index (χ3v) is 1.67.